The van der Waals surface area contributed by atoms with E-state index in [1.54, 1.807) is 0 Å². The summed E-state index contributed by atoms with van der Waals surface area (Å²) in [5.41, 5.74) is 8.24. The number of primary sulfonamides is 1. The van der Waals surface area contributed by atoms with Gasteiger partial charge in [-0.05, 0) is 23.2 Å². The predicted octanol–water partition coefficient (Wildman–Crippen LogP) is 1.28. The van der Waals surface area contributed by atoms with Gasteiger partial charge < -0.3 is 0 Å². The molecule has 0 unspecified atom stereocenters. The van der Waals surface area contributed by atoms with Crippen molar-refractivity contribution in [1.29, 1.82) is 0 Å². The average Bonchev–Trinajstić information content (AvgIpc) is 2.14. The number of benzene rings is 1. The topological polar surface area (TPSA) is 109 Å². The number of hydrogen-bond acceptors (Lipinski definition) is 3. The molecule has 8 heteroatoms. The zero-order valence-corrected chi connectivity index (χ0v) is 8.28. The van der Waals surface area contributed by atoms with E-state index in [1.165, 1.54) is 6.07 Å². The maximum atomic E-state index is 12.8. The van der Waals surface area contributed by atoms with E-state index in [4.69, 9.17) is 10.7 Å². The first-order valence-corrected chi connectivity index (χ1v) is 5.32. The van der Waals surface area contributed by atoms with Crippen LogP contribution in [0.2, 0.25) is 0 Å². The number of nitrogens with two attached hydrogens (primary N) is 1. The van der Waals surface area contributed by atoms with Crippen LogP contribution in [-0.4, -0.2) is 8.42 Å². The smallest absolute Gasteiger partial charge is 0.225 e. The average molecular weight is 230 g/mol. The van der Waals surface area contributed by atoms with Crippen LogP contribution in [0.5, 0.6) is 0 Å². The first kappa shape index (κ1) is 11.4. The van der Waals surface area contributed by atoms with E-state index in [1.807, 2.05) is 0 Å². The minimum atomic E-state index is -4.01. The lowest BCUT2D eigenvalue weighted by Gasteiger charge is -2.04. The fraction of sp³-hybridized carbons (Fsp3) is 0.143. The lowest BCUT2D eigenvalue weighted by Crippen LogP contribution is -2.14. The van der Waals surface area contributed by atoms with Crippen LogP contribution in [0.15, 0.2) is 28.2 Å². The maximum Gasteiger partial charge on any atom is 0.238 e. The van der Waals surface area contributed by atoms with Gasteiger partial charge in [0.15, 0.2) is 0 Å². The van der Waals surface area contributed by atoms with Crippen LogP contribution in [0.3, 0.4) is 0 Å². The van der Waals surface area contributed by atoms with E-state index in [0.29, 0.717) is 0 Å². The maximum absolute atomic E-state index is 12.8. The summed E-state index contributed by atoms with van der Waals surface area (Å²) in [4.78, 5) is 2.11. The number of sulfonamides is 1. The molecule has 1 aromatic rings. The predicted molar refractivity (Wildman–Crippen MR) is 50.6 cm³/mol. The second-order valence-corrected chi connectivity index (χ2v) is 4.22. The Morgan fingerprint density at radius 2 is 2.20 bits per heavy atom. The summed E-state index contributed by atoms with van der Waals surface area (Å²) in [5.74, 6) is -0.719. The molecule has 1 aromatic carbocycles. The van der Waals surface area contributed by atoms with E-state index in [2.05, 4.69) is 10.0 Å². The van der Waals surface area contributed by atoms with Gasteiger partial charge in [-0.1, -0.05) is 11.2 Å². The molecule has 0 radical (unpaired) electrons. The lowest BCUT2D eigenvalue weighted by atomic mass is 10.2. The molecule has 15 heavy (non-hydrogen) atoms. The third-order valence-electron chi connectivity index (χ3n) is 1.64. The van der Waals surface area contributed by atoms with Crippen molar-refractivity contribution < 1.29 is 12.8 Å². The van der Waals surface area contributed by atoms with Gasteiger partial charge in [-0.2, -0.15) is 0 Å². The second-order valence-electron chi connectivity index (χ2n) is 2.69. The van der Waals surface area contributed by atoms with Gasteiger partial charge >= 0.3 is 0 Å². The normalized spacial score (nSPS) is 10.8. The first-order chi connectivity index (χ1) is 6.95. The van der Waals surface area contributed by atoms with Crippen LogP contribution >= 0.6 is 0 Å². The number of azide groups is 1. The Bertz CT molecular complexity index is 522. The summed E-state index contributed by atoms with van der Waals surface area (Å²) in [5, 5.41) is 8.05. The summed E-state index contributed by atoms with van der Waals surface area (Å²) in [6.45, 7) is -0.192. The standard InChI is InChI=1S/C7H7FN4O2S/c8-6-2-1-5(4-11-12-9)7(3-6)15(10,13)14/h1-3H,4H2,(H2,10,13,14). The molecule has 0 amide bonds. The van der Waals surface area contributed by atoms with Gasteiger partial charge in [0.25, 0.3) is 0 Å². The van der Waals surface area contributed by atoms with Gasteiger partial charge in [-0.3, -0.25) is 0 Å². The SMILES string of the molecule is [N-]=[N+]=NCc1ccc(F)cc1S(N)(=O)=O. The molecule has 0 spiro atoms. The quantitative estimate of drug-likeness (QED) is 0.479. The van der Waals surface area contributed by atoms with Crippen LogP contribution in [0, 0.1) is 5.82 Å². The molecule has 0 saturated heterocycles. The van der Waals surface area contributed by atoms with Crippen molar-refractivity contribution in [2.24, 2.45) is 10.3 Å². The van der Waals surface area contributed by atoms with Crippen LogP contribution in [0.1, 0.15) is 5.56 Å². The molecule has 0 aromatic heterocycles. The van der Waals surface area contributed by atoms with Crippen molar-refractivity contribution in [3.05, 3.63) is 40.0 Å². The summed E-state index contributed by atoms with van der Waals surface area (Å²) >= 11 is 0. The number of halogens is 1. The molecular formula is C7H7FN4O2S. The molecule has 2 N–H and O–H groups in total. The van der Waals surface area contributed by atoms with Gasteiger partial charge in [-0.15, -0.1) is 0 Å². The van der Waals surface area contributed by atoms with E-state index < -0.39 is 15.8 Å². The molecule has 6 nitrogen and oxygen atoms in total. The van der Waals surface area contributed by atoms with Gasteiger partial charge in [0, 0.05) is 4.91 Å². The Morgan fingerprint density at radius 3 is 2.73 bits per heavy atom. The molecule has 0 aliphatic carbocycles. The minimum Gasteiger partial charge on any atom is -0.225 e. The van der Waals surface area contributed by atoms with Gasteiger partial charge in [-0.25, -0.2) is 17.9 Å². The number of nitrogens with zero attached hydrogens (tertiary/aromatic N) is 3. The van der Waals surface area contributed by atoms with Crippen LogP contribution in [0.4, 0.5) is 4.39 Å². The Labute approximate surface area is 85.2 Å². The fourth-order valence-electron chi connectivity index (χ4n) is 1.03. The lowest BCUT2D eigenvalue weighted by molar-refractivity contribution is 0.590. The van der Waals surface area contributed by atoms with Crippen LogP contribution < -0.4 is 5.14 Å². The number of hydrogen-bond donors (Lipinski definition) is 1. The summed E-state index contributed by atoms with van der Waals surface area (Å²) < 4.78 is 34.9. The molecule has 80 valence electrons. The third kappa shape index (κ3) is 2.91. The first-order valence-electron chi connectivity index (χ1n) is 3.77. The Kier molecular flexibility index (Phi) is 3.25. The Hall–Kier alpha value is -1.63. The number of rotatable bonds is 3. The molecule has 0 heterocycles. The summed E-state index contributed by atoms with van der Waals surface area (Å²) in [6.07, 6.45) is 0. The molecule has 1 rings (SSSR count). The monoisotopic (exact) mass is 230 g/mol. The summed E-state index contributed by atoms with van der Waals surface area (Å²) in [6, 6.07) is 3.07. The van der Waals surface area contributed by atoms with Crippen molar-refractivity contribution in [3.8, 4) is 0 Å². The van der Waals surface area contributed by atoms with Crippen molar-refractivity contribution in [1.82, 2.24) is 0 Å². The van der Waals surface area contributed by atoms with E-state index >= 15 is 0 Å². The molecule has 0 aliphatic rings. The highest BCUT2D eigenvalue weighted by Gasteiger charge is 2.14. The molecule has 0 aliphatic heterocycles. The molecule has 0 saturated carbocycles. The summed E-state index contributed by atoms with van der Waals surface area (Å²) in [7, 11) is -4.01. The minimum absolute atomic E-state index is 0.164. The Balaban J connectivity index is 3.33. The van der Waals surface area contributed by atoms with Gasteiger partial charge in [0.2, 0.25) is 10.0 Å². The Morgan fingerprint density at radius 1 is 1.53 bits per heavy atom. The zero-order valence-electron chi connectivity index (χ0n) is 7.46. The molecule has 0 bridgehead atoms. The molecule has 0 fully saturated rings. The fourth-order valence-corrected chi connectivity index (χ4v) is 1.81. The van der Waals surface area contributed by atoms with E-state index in [-0.39, 0.29) is 17.0 Å². The largest absolute Gasteiger partial charge is 0.238 e. The highest BCUT2D eigenvalue weighted by molar-refractivity contribution is 7.89. The molecule has 0 atom stereocenters. The highest BCUT2D eigenvalue weighted by Crippen LogP contribution is 2.16. The van der Waals surface area contributed by atoms with Crippen LogP contribution in [-0.2, 0) is 16.6 Å². The third-order valence-corrected chi connectivity index (χ3v) is 2.63. The van der Waals surface area contributed by atoms with E-state index in [0.717, 1.165) is 12.1 Å². The second kappa shape index (κ2) is 4.26. The van der Waals surface area contributed by atoms with Gasteiger partial charge in [0.05, 0.1) is 11.4 Å². The zero-order chi connectivity index (χ0) is 11.5. The highest BCUT2D eigenvalue weighted by atomic mass is 32.2. The molecular weight excluding hydrogens is 223 g/mol. The van der Waals surface area contributed by atoms with Crippen LogP contribution in [0.25, 0.3) is 10.4 Å². The van der Waals surface area contributed by atoms with Crippen molar-refractivity contribution in [2.45, 2.75) is 11.4 Å². The van der Waals surface area contributed by atoms with Crippen molar-refractivity contribution >= 4 is 10.0 Å². The van der Waals surface area contributed by atoms with Crippen molar-refractivity contribution in [2.75, 3.05) is 0 Å². The van der Waals surface area contributed by atoms with Crippen molar-refractivity contribution in [3.63, 3.8) is 0 Å². The van der Waals surface area contributed by atoms with E-state index in [9.17, 15) is 12.8 Å². The van der Waals surface area contributed by atoms with Gasteiger partial charge in [0.1, 0.15) is 5.82 Å².